The maximum Gasteiger partial charge on any atom is 0.408 e. The van der Waals surface area contributed by atoms with Gasteiger partial charge in [0.05, 0.1) is 0 Å². The lowest BCUT2D eigenvalue weighted by atomic mass is 10.00. The average molecular weight is 432 g/mol. The highest BCUT2D eigenvalue weighted by Gasteiger charge is 2.34. The van der Waals surface area contributed by atoms with Gasteiger partial charge in [0.1, 0.15) is 17.7 Å². The number of ether oxygens (including phenoxy) is 1. The number of carbonyl (C=O) groups excluding carboxylic acids is 3. The molecule has 2 unspecified atom stereocenters. The van der Waals surface area contributed by atoms with Crippen molar-refractivity contribution in [1.82, 2.24) is 15.5 Å². The summed E-state index contributed by atoms with van der Waals surface area (Å²) in [7, 11) is 0. The second-order valence-corrected chi connectivity index (χ2v) is 8.84. The molecule has 7 heteroatoms. The molecule has 0 saturated carbocycles. The molecule has 31 heavy (non-hydrogen) atoms. The number of hydrogen-bond acceptors (Lipinski definition) is 4. The molecule has 0 bridgehead atoms. The van der Waals surface area contributed by atoms with Gasteiger partial charge in [0, 0.05) is 12.6 Å². The summed E-state index contributed by atoms with van der Waals surface area (Å²) in [6, 6.07) is 5.59. The van der Waals surface area contributed by atoms with Crippen LogP contribution in [0.5, 0.6) is 0 Å². The van der Waals surface area contributed by atoms with E-state index in [-0.39, 0.29) is 17.9 Å². The largest absolute Gasteiger partial charge is 0.444 e. The maximum atomic E-state index is 13.3. The molecular formula is C24H37N3O4. The molecule has 3 amide bonds. The molecule has 0 aliphatic rings. The van der Waals surface area contributed by atoms with Crippen molar-refractivity contribution in [3.05, 3.63) is 42.0 Å². The summed E-state index contributed by atoms with van der Waals surface area (Å²) in [5.41, 5.74) is 0.853. The van der Waals surface area contributed by atoms with Gasteiger partial charge < -0.3 is 20.3 Å². The zero-order chi connectivity index (χ0) is 23.8. The predicted molar refractivity (Wildman–Crippen MR) is 123 cm³/mol. The SMILES string of the molecule is C=Cc1cccc(C(C(=O)NC(C)C)N(CCC)C(=O)C(C)NC(=O)OC(C)(C)C)c1. The van der Waals surface area contributed by atoms with Gasteiger partial charge in [-0.2, -0.15) is 0 Å². The van der Waals surface area contributed by atoms with Crippen LogP contribution in [0.3, 0.4) is 0 Å². The normalized spacial score (nSPS) is 13.2. The number of benzene rings is 1. The van der Waals surface area contributed by atoms with Crippen LogP contribution >= 0.6 is 0 Å². The highest BCUT2D eigenvalue weighted by atomic mass is 16.6. The van der Waals surface area contributed by atoms with Crippen molar-refractivity contribution in [3.63, 3.8) is 0 Å². The molecule has 0 aliphatic heterocycles. The Hall–Kier alpha value is -2.83. The zero-order valence-corrected chi connectivity index (χ0v) is 19.8. The van der Waals surface area contributed by atoms with E-state index < -0.39 is 23.8 Å². The van der Waals surface area contributed by atoms with Crippen LogP contribution in [-0.2, 0) is 14.3 Å². The van der Waals surface area contributed by atoms with E-state index >= 15 is 0 Å². The number of nitrogens with zero attached hydrogens (tertiary/aromatic N) is 1. The maximum absolute atomic E-state index is 13.3. The van der Waals surface area contributed by atoms with Crippen LogP contribution in [0.15, 0.2) is 30.8 Å². The number of carbonyl (C=O) groups is 3. The molecule has 2 N–H and O–H groups in total. The molecule has 0 heterocycles. The molecule has 2 atom stereocenters. The lowest BCUT2D eigenvalue weighted by Crippen LogP contribution is -2.52. The van der Waals surface area contributed by atoms with Gasteiger partial charge >= 0.3 is 6.09 Å². The van der Waals surface area contributed by atoms with Crippen molar-refractivity contribution in [3.8, 4) is 0 Å². The van der Waals surface area contributed by atoms with Crippen LogP contribution in [0.2, 0.25) is 0 Å². The fraction of sp³-hybridized carbons (Fsp3) is 0.542. The summed E-state index contributed by atoms with van der Waals surface area (Å²) in [5.74, 6) is -0.636. The first-order valence-corrected chi connectivity index (χ1v) is 10.7. The number of hydrogen-bond donors (Lipinski definition) is 2. The highest BCUT2D eigenvalue weighted by molar-refractivity contribution is 5.92. The third-order valence-electron chi connectivity index (χ3n) is 4.30. The second-order valence-electron chi connectivity index (χ2n) is 8.84. The first kappa shape index (κ1) is 26.2. The molecule has 0 aliphatic carbocycles. The Morgan fingerprint density at radius 3 is 2.32 bits per heavy atom. The van der Waals surface area contributed by atoms with Gasteiger partial charge in [-0.3, -0.25) is 9.59 Å². The number of nitrogens with one attached hydrogen (secondary N) is 2. The smallest absolute Gasteiger partial charge is 0.408 e. The Labute approximate surface area is 186 Å². The summed E-state index contributed by atoms with van der Waals surface area (Å²) >= 11 is 0. The van der Waals surface area contributed by atoms with Gasteiger partial charge in [-0.15, -0.1) is 0 Å². The average Bonchev–Trinajstić information content (AvgIpc) is 2.65. The minimum Gasteiger partial charge on any atom is -0.444 e. The molecular weight excluding hydrogens is 394 g/mol. The molecule has 0 fully saturated rings. The predicted octanol–water partition coefficient (Wildman–Crippen LogP) is 4.05. The topological polar surface area (TPSA) is 87.7 Å². The van der Waals surface area contributed by atoms with E-state index in [0.717, 1.165) is 5.56 Å². The van der Waals surface area contributed by atoms with E-state index in [0.29, 0.717) is 18.5 Å². The Balaban J connectivity index is 3.27. The fourth-order valence-electron chi connectivity index (χ4n) is 3.09. The van der Waals surface area contributed by atoms with Crippen LogP contribution in [0.25, 0.3) is 6.08 Å². The number of amides is 3. The molecule has 7 nitrogen and oxygen atoms in total. The summed E-state index contributed by atoms with van der Waals surface area (Å²) in [5, 5.41) is 5.50. The first-order chi connectivity index (χ1) is 14.4. The Bertz CT molecular complexity index is 783. The van der Waals surface area contributed by atoms with Crippen molar-refractivity contribution in [2.75, 3.05) is 6.54 Å². The van der Waals surface area contributed by atoms with Gasteiger partial charge in [-0.25, -0.2) is 4.79 Å². The second kappa shape index (κ2) is 11.5. The number of alkyl carbamates (subject to hydrolysis) is 1. The van der Waals surface area contributed by atoms with E-state index in [1.54, 1.807) is 33.8 Å². The molecule has 0 radical (unpaired) electrons. The number of rotatable bonds is 9. The van der Waals surface area contributed by atoms with Gasteiger partial charge in [-0.05, 0) is 65.2 Å². The van der Waals surface area contributed by atoms with Crippen LogP contribution in [-0.4, -0.2) is 47.0 Å². The lowest BCUT2D eigenvalue weighted by Gasteiger charge is -2.34. The summed E-state index contributed by atoms with van der Waals surface area (Å²) in [6.45, 7) is 16.7. The molecule has 1 aromatic rings. The molecule has 1 rings (SSSR count). The monoisotopic (exact) mass is 431 g/mol. The van der Waals surface area contributed by atoms with E-state index in [9.17, 15) is 14.4 Å². The first-order valence-electron chi connectivity index (χ1n) is 10.7. The van der Waals surface area contributed by atoms with E-state index in [1.165, 1.54) is 4.90 Å². The molecule has 0 spiro atoms. The highest BCUT2D eigenvalue weighted by Crippen LogP contribution is 2.24. The lowest BCUT2D eigenvalue weighted by molar-refractivity contribution is -0.142. The van der Waals surface area contributed by atoms with Crippen molar-refractivity contribution in [1.29, 1.82) is 0 Å². The molecule has 172 valence electrons. The van der Waals surface area contributed by atoms with Crippen molar-refractivity contribution < 1.29 is 19.1 Å². The van der Waals surface area contributed by atoms with E-state index in [4.69, 9.17) is 4.74 Å². The Morgan fingerprint density at radius 2 is 1.81 bits per heavy atom. The van der Waals surface area contributed by atoms with Gasteiger partial charge in [-0.1, -0.05) is 37.8 Å². The molecule has 0 saturated heterocycles. The quantitative estimate of drug-likeness (QED) is 0.617. The third-order valence-corrected chi connectivity index (χ3v) is 4.30. The van der Waals surface area contributed by atoms with Crippen LogP contribution in [0.4, 0.5) is 4.79 Å². The Kier molecular flexibility index (Phi) is 9.75. The molecule has 0 aromatic heterocycles. The third kappa shape index (κ3) is 8.44. The fourth-order valence-corrected chi connectivity index (χ4v) is 3.09. The van der Waals surface area contributed by atoms with E-state index in [1.807, 2.05) is 45.0 Å². The van der Waals surface area contributed by atoms with Crippen LogP contribution in [0.1, 0.15) is 72.1 Å². The zero-order valence-electron chi connectivity index (χ0n) is 19.8. The van der Waals surface area contributed by atoms with Crippen molar-refractivity contribution in [2.24, 2.45) is 0 Å². The van der Waals surface area contributed by atoms with Gasteiger partial charge in [0.2, 0.25) is 11.8 Å². The van der Waals surface area contributed by atoms with Crippen LogP contribution < -0.4 is 10.6 Å². The van der Waals surface area contributed by atoms with Gasteiger partial charge in [0.15, 0.2) is 0 Å². The van der Waals surface area contributed by atoms with Gasteiger partial charge in [0.25, 0.3) is 0 Å². The minimum absolute atomic E-state index is 0.0894. The Morgan fingerprint density at radius 1 is 1.16 bits per heavy atom. The summed E-state index contributed by atoms with van der Waals surface area (Å²) in [4.78, 5) is 40.2. The summed E-state index contributed by atoms with van der Waals surface area (Å²) < 4.78 is 5.26. The van der Waals surface area contributed by atoms with Crippen molar-refractivity contribution in [2.45, 2.75) is 78.6 Å². The minimum atomic E-state index is -0.863. The molecule has 1 aromatic carbocycles. The summed E-state index contributed by atoms with van der Waals surface area (Å²) in [6.07, 6.45) is 1.67. The van der Waals surface area contributed by atoms with E-state index in [2.05, 4.69) is 17.2 Å². The standard InChI is InChI=1S/C24H37N3O4/c1-9-14-27(22(29)17(5)26-23(30)31-24(6,7)8)20(21(28)25-16(3)4)19-13-11-12-18(10-2)15-19/h10-13,15-17,20H,2,9,14H2,1,3-8H3,(H,25,28)(H,26,30). The van der Waals surface area contributed by atoms with Crippen molar-refractivity contribution >= 4 is 24.0 Å². The van der Waals surface area contributed by atoms with Crippen LogP contribution in [0, 0.1) is 0 Å².